The van der Waals surface area contributed by atoms with Crippen molar-refractivity contribution in [3.8, 4) is 0 Å². The third kappa shape index (κ3) is 2.55. The van der Waals surface area contributed by atoms with Gasteiger partial charge in [-0.15, -0.1) is 0 Å². The van der Waals surface area contributed by atoms with Crippen LogP contribution in [0.25, 0.3) is 0 Å². The predicted octanol–water partition coefficient (Wildman–Crippen LogP) is 6.22. The van der Waals surface area contributed by atoms with Crippen LogP contribution >= 0.6 is 0 Å². The molecule has 0 aromatic carbocycles. The van der Waals surface area contributed by atoms with Crippen LogP contribution in [-0.4, -0.2) is 35.6 Å². The Balaban J connectivity index is 1.23. The van der Waals surface area contributed by atoms with Crippen LogP contribution < -0.4 is 0 Å². The second-order valence-corrected chi connectivity index (χ2v) is 14.4. The van der Waals surface area contributed by atoms with Crippen molar-refractivity contribution in [1.29, 1.82) is 0 Å². The van der Waals surface area contributed by atoms with Gasteiger partial charge in [-0.25, -0.2) is 0 Å². The fourth-order valence-electron chi connectivity index (χ4n) is 11.2. The van der Waals surface area contributed by atoms with Gasteiger partial charge in [0.2, 0.25) is 0 Å². The minimum absolute atomic E-state index is 0.0848. The molecule has 6 rings (SSSR count). The Bertz CT molecular complexity index is 793. The monoisotopic (exact) mass is 444 g/mol. The Hall–Kier alpha value is -0.120. The average molecular weight is 445 g/mol. The third-order valence-electron chi connectivity index (χ3n) is 13.5. The van der Waals surface area contributed by atoms with E-state index in [-0.39, 0.29) is 17.3 Å². The zero-order valence-corrected chi connectivity index (χ0v) is 21.7. The molecule has 3 heteroatoms. The van der Waals surface area contributed by atoms with Crippen LogP contribution in [0, 0.1) is 51.8 Å². The topological polar surface area (TPSA) is 42.0 Å². The van der Waals surface area contributed by atoms with Gasteiger partial charge in [0.15, 0.2) is 0 Å². The maximum atomic E-state index is 11.3. The molecule has 0 bridgehead atoms. The van der Waals surface area contributed by atoms with Crippen molar-refractivity contribution in [3.05, 3.63) is 0 Å². The molecule has 12 atom stereocenters. The van der Waals surface area contributed by atoms with Crippen molar-refractivity contribution in [2.24, 2.45) is 51.8 Å². The molecule has 1 N–H and O–H groups in total. The summed E-state index contributed by atoms with van der Waals surface area (Å²) in [7, 11) is 1.99. The number of aliphatic hydroxyl groups is 1. The molecular formula is C29H48O3. The molecule has 1 heterocycles. The molecule has 1 saturated heterocycles. The molecular weight excluding hydrogens is 396 g/mol. The SMILES string of the molecule is CO[C@@H]1C[C@H]2[C@@H]3CC[C@H]([C@H](C)[C@@H](O)C[C@@]4(C)OC4(C)C)[C@@]3(C)CC[C@@H]2[C@@]2(C)CC[C@H]3C[C@]312. The van der Waals surface area contributed by atoms with Crippen molar-refractivity contribution >= 4 is 0 Å². The van der Waals surface area contributed by atoms with Gasteiger partial charge in [-0.1, -0.05) is 20.8 Å². The lowest BCUT2D eigenvalue weighted by Crippen LogP contribution is -2.57. The molecule has 0 amide bonds. The van der Waals surface area contributed by atoms with Gasteiger partial charge in [-0.3, -0.25) is 0 Å². The van der Waals surface area contributed by atoms with Crippen LogP contribution in [-0.2, 0) is 9.47 Å². The van der Waals surface area contributed by atoms with E-state index in [0.29, 0.717) is 34.2 Å². The number of ether oxygens (including phenoxy) is 2. The molecule has 32 heavy (non-hydrogen) atoms. The van der Waals surface area contributed by atoms with Gasteiger partial charge in [0, 0.05) is 18.9 Å². The van der Waals surface area contributed by atoms with Gasteiger partial charge in [-0.2, -0.15) is 0 Å². The van der Waals surface area contributed by atoms with Crippen molar-refractivity contribution in [3.63, 3.8) is 0 Å². The van der Waals surface area contributed by atoms with E-state index in [1.54, 1.807) is 0 Å². The number of aliphatic hydroxyl groups excluding tert-OH is 1. The quantitative estimate of drug-likeness (QED) is 0.512. The Morgan fingerprint density at radius 3 is 2.34 bits per heavy atom. The Morgan fingerprint density at radius 2 is 1.72 bits per heavy atom. The summed E-state index contributed by atoms with van der Waals surface area (Å²) in [6, 6.07) is 0. The lowest BCUT2D eigenvalue weighted by Gasteiger charge is -2.61. The molecule has 5 aliphatic carbocycles. The molecule has 0 aromatic heterocycles. The first kappa shape index (κ1) is 22.4. The van der Waals surface area contributed by atoms with Gasteiger partial charge in [0.1, 0.15) is 0 Å². The van der Waals surface area contributed by atoms with Crippen LogP contribution in [0.3, 0.4) is 0 Å². The molecule has 5 saturated carbocycles. The van der Waals surface area contributed by atoms with E-state index in [0.717, 1.165) is 30.1 Å². The lowest BCUT2D eigenvalue weighted by molar-refractivity contribution is -0.162. The zero-order valence-electron chi connectivity index (χ0n) is 21.7. The van der Waals surface area contributed by atoms with Crippen molar-refractivity contribution in [2.45, 2.75) is 123 Å². The van der Waals surface area contributed by atoms with Gasteiger partial charge < -0.3 is 14.6 Å². The van der Waals surface area contributed by atoms with Crippen molar-refractivity contribution in [2.75, 3.05) is 7.11 Å². The van der Waals surface area contributed by atoms with E-state index in [2.05, 4.69) is 41.5 Å². The Morgan fingerprint density at radius 1 is 1.00 bits per heavy atom. The number of rotatable bonds is 5. The second-order valence-electron chi connectivity index (χ2n) is 14.4. The van der Waals surface area contributed by atoms with Crippen molar-refractivity contribution < 1.29 is 14.6 Å². The number of hydrogen-bond acceptors (Lipinski definition) is 3. The highest BCUT2D eigenvalue weighted by Crippen LogP contribution is 2.82. The highest BCUT2D eigenvalue weighted by Gasteiger charge is 2.77. The number of hydrogen-bond donors (Lipinski definition) is 1. The number of fused-ring (bicyclic) bond motifs is 4. The molecule has 3 nitrogen and oxygen atoms in total. The highest BCUT2D eigenvalue weighted by atomic mass is 16.6. The smallest absolute Gasteiger partial charge is 0.0971 e. The summed E-state index contributed by atoms with van der Waals surface area (Å²) in [6.07, 6.45) is 12.1. The summed E-state index contributed by atoms with van der Waals surface area (Å²) in [5.74, 6) is 4.48. The fraction of sp³-hybridized carbons (Fsp3) is 1.00. The normalized spacial score (nSPS) is 58.9. The number of methoxy groups -OCH3 is 1. The van der Waals surface area contributed by atoms with E-state index in [1.807, 2.05) is 7.11 Å². The fourth-order valence-corrected chi connectivity index (χ4v) is 11.2. The van der Waals surface area contributed by atoms with Crippen molar-refractivity contribution in [1.82, 2.24) is 0 Å². The Labute approximate surface area is 196 Å². The van der Waals surface area contributed by atoms with Crippen LogP contribution in [0.4, 0.5) is 0 Å². The van der Waals surface area contributed by atoms with E-state index in [9.17, 15) is 5.11 Å². The molecule has 0 unspecified atom stereocenters. The van der Waals surface area contributed by atoms with Crippen LogP contribution in [0.1, 0.15) is 99.3 Å². The molecule has 1 spiro atoms. The molecule has 6 fully saturated rings. The van der Waals surface area contributed by atoms with E-state index in [4.69, 9.17) is 9.47 Å². The second kappa shape index (κ2) is 6.55. The van der Waals surface area contributed by atoms with Gasteiger partial charge in [-0.05, 0) is 118 Å². The summed E-state index contributed by atoms with van der Waals surface area (Å²) in [6.45, 7) is 14.1. The summed E-state index contributed by atoms with van der Waals surface area (Å²) in [4.78, 5) is 0. The summed E-state index contributed by atoms with van der Waals surface area (Å²) in [5, 5.41) is 11.3. The highest BCUT2D eigenvalue weighted by molar-refractivity contribution is 5.26. The van der Waals surface area contributed by atoms with Gasteiger partial charge in [0.25, 0.3) is 0 Å². The first-order valence-electron chi connectivity index (χ1n) is 13.8. The summed E-state index contributed by atoms with van der Waals surface area (Å²) in [5.41, 5.74) is 1.17. The molecule has 0 aromatic rings. The molecule has 6 aliphatic rings. The van der Waals surface area contributed by atoms with Crippen LogP contribution in [0.15, 0.2) is 0 Å². The lowest BCUT2D eigenvalue weighted by atomic mass is 9.45. The minimum atomic E-state index is -0.263. The van der Waals surface area contributed by atoms with E-state index in [1.165, 1.54) is 51.4 Å². The molecule has 182 valence electrons. The number of epoxide rings is 1. The van der Waals surface area contributed by atoms with Gasteiger partial charge in [0.05, 0.1) is 23.4 Å². The third-order valence-corrected chi connectivity index (χ3v) is 13.5. The first-order valence-corrected chi connectivity index (χ1v) is 13.8. The maximum Gasteiger partial charge on any atom is 0.0971 e. The standard InChI is InChI=1S/C29H48O3/c1-17(23(30)16-28(6)25(2,3)32-28)20-8-9-21-19-14-24(31-7)29-15-18(29)10-13-27(29,5)22(19)11-12-26(20,21)4/h17-24,30H,8-16H2,1-7H3/t17-,18-,19-,20+,21-,22-,23-,24+,26+,27+,28+,29-/m0/s1. The van der Waals surface area contributed by atoms with E-state index < -0.39 is 0 Å². The van der Waals surface area contributed by atoms with Crippen LogP contribution in [0.5, 0.6) is 0 Å². The zero-order chi connectivity index (χ0) is 22.9. The first-order chi connectivity index (χ1) is 14.9. The van der Waals surface area contributed by atoms with Crippen LogP contribution in [0.2, 0.25) is 0 Å². The Kier molecular flexibility index (Phi) is 4.57. The maximum absolute atomic E-state index is 11.3. The summed E-state index contributed by atoms with van der Waals surface area (Å²) < 4.78 is 12.3. The predicted molar refractivity (Wildman–Crippen MR) is 127 cm³/mol. The van der Waals surface area contributed by atoms with E-state index >= 15 is 0 Å². The minimum Gasteiger partial charge on any atom is -0.393 e. The average Bonchev–Trinajstić information content (AvgIpc) is 3.45. The molecule has 0 radical (unpaired) electrons. The molecule has 1 aliphatic heterocycles. The summed E-state index contributed by atoms with van der Waals surface area (Å²) >= 11 is 0. The van der Waals surface area contributed by atoms with Gasteiger partial charge >= 0.3 is 0 Å². The largest absolute Gasteiger partial charge is 0.393 e.